The van der Waals surface area contributed by atoms with Crippen LogP contribution in [-0.2, 0) is 6.54 Å². The van der Waals surface area contributed by atoms with E-state index in [-0.39, 0.29) is 17.9 Å². The number of nitrogens with one attached hydrogen (secondary N) is 1. The molecule has 1 aliphatic heterocycles. The van der Waals surface area contributed by atoms with Crippen LogP contribution in [0.4, 0.5) is 10.1 Å². The van der Waals surface area contributed by atoms with E-state index in [0.717, 1.165) is 34.9 Å². The van der Waals surface area contributed by atoms with E-state index in [1.54, 1.807) is 18.3 Å². The number of hydrogen-bond donors (Lipinski definition) is 1. The van der Waals surface area contributed by atoms with Crippen molar-refractivity contribution in [2.45, 2.75) is 32.5 Å². The summed E-state index contributed by atoms with van der Waals surface area (Å²) >= 11 is 5.78. The van der Waals surface area contributed by atoms with E-state index in [0.29, 0.717) is 5.11 Å². The van der Waals surface area contributed by atoms with E-state index in [9.17, 15) is 4.39 Å². The number of thiocarbonyl (C=S) groups is 1. The zero-order valence-corrected chi connectivity index (χ0v) is 19.3. The fraction of sp³-hybridized carbons (Fsp3) is 0.192. The summed E-state index contributed by atoms with van der Waals surface area (Å²) in [4.78, 5) is 10.8. The summed E-state index contributed by atoms with van der Waals surface area (Å²) in [5.41, 5.74) is 6.43. The van der Waals surface area contributed by atoms with Gasteiger partial charge in [0.05, 0.1) is 17.8 Å². The number of benzene rings is 1. The van der Waals surface area contributed by atoms with Crippen molar-refractivity contribution in [3.05, 3.63) is 113 Å². The Labute approximate surface area is 197 Å². The molecule has 4 aromatic rings. The summed E-state index contributed by atoms with van der Waals surface area (Å²) in [7, 11) is 0. The Morgan fingerprint density at radius 3 is 2.45 bits per heavy atom. The molecule has 1 aromatic carbocycles. The van der Waals surface area contributed by atoms with Crippen LogP contribution in [-0.4, -0.2) is 19.6 Å². The maximum absolute atomic E-state index is 13.7. The zero-order valence-electron chi connectivity index (χ0n) is 18.4. The number of pyridine rings is 2. The Morgan fingerprint density at radius 2 is 1.76 bits per heavy atom. The summed E-state index contributed by atoms with van der Waals surface area (Å²) < 4.78 is 16.0. The van der Waals surface area contributed by atoms with E-state index < -0.39 is 0 Å². The number of hydrogen-bond acceptors (Lipinski definition) is 3. The van der Waals surface area contributed by atoms with Crippen molar-refractivity contribution in [3.63, 3.8) is 0 Å². The van der Waals surface area contributed by atoms with Gasteiger partial charge in [0.1, 0.15) is 5.82 Å². The summed E-state index contributed by atoms with van der Waals surface area (Å²) in [6.07, 6.45) is 5.43. The number of halogens is 1. The molecule has 7 heteroatoms. The molecule has 0 spiro atoms. The van der Waals surface area contributed by atoms with Crippen LogP contribution in [0.25, 0.3) is 0 Å². The molecule has 1 aliphatic rings. The number of aryl methyl sites for hydroxylation is 1. The minimum Gasteiger partial charge on any atom is -0.351 e. The lowest BCUT2D eigenvalue weighted by molar-refractivity contribution is 0.563. The van der Waals surface area contributed by atoms with Gasteiger partial charge in [-0.05, 0) is 91.8 Å². The van der Waals surface area contributed by atoms with Gasteiger partial charge in [0, 0.05) is 42.2 Å². The van der Waals surface area contributed by atoms with Crippen molar-refractivity contribution < 1.29 is 4.39 Å². The van der Waals surface area contributed by atoms with Crippen LogP contribution in [0.5, 0.6) is 0 Å². The predicted molar refractivity (Wildman–Crippen MR) is 132 cm³/mol. The molecule has 166 valence electrons. The van der Waals surface area contributed by atoms with Gasteiger partial charge in [0.2, 0.25) is 0 Å². The molecule has 2 unspecified atom stereocenters. The van der Waals surface area contributed by atoms with Crippen molar-refractivity contribution >= 4 is 23.0 Å². The highest BCUT2D eigenvalue weighted by Gasteiger charge is 2.42. The quantitative estimate of drug-likeness (QED) is 0.414. The standard InChI is InChI=1S/C26H24FN5S/c1-17-15-22(18(2)31(17)16-19-10-13-28-14-11-19)25-24(23-5-3-4-12-29-23)30-26(33)32(25)21-8-6-20(27)7-9-21/h3-15,24-25H,16H2,1-2H3,(H,30,33). The topological polar surface area (TPSA) is 46.0 Å². The summed E-state index contributed by atoms with van der Waals surface area (Å²) in [6.45, 7) is 5.02. The first-order valence-electron chi connectivity index (χ1n) is 10.8. The number of anilines is 1. The van der Waals surface area contributed by atoms with Gasteiger partial charge in [-0.1, -0.05) is 6.07 Å². The van der Waals surface area contributed by atoms with Gasteiger partial charge in [-0.3, -0.25) is 9.97 Å². The van der Waals surface area contributed by atoms with Crippen LogP contribution in [0.1, 0.15) is 40.3 Å². The monoisotopic (exact) mass is 457 g/mol. The number of nitrogens with zero attached hydrogens (tertiary/aromatic N) is 4. The Kier molecular flexibility index (Phi) is 5.64. The Balaban J connectivity index is 1.62. The highest BCUT2D eigenvalue weighted by molar-refractivity contribution is 7.80. The lowest BCUT2D eigenvalue weighted by Gasteiger charge is -2.28. The molecular formula is C26H24FN5S. The zero-order chi connectivity index (χ0) is 22.9. The molecule has 5 rings (SSSR count). The molecule has 0 bridgehead atoms. The van der Waals surface area contributed by atoms with Crippen molar-refractivity contribution in [1.82, 2.24) is 19.9 Å². The average molecular weight is 458 g/mol. The minimum atomic E-state index is -0.273. The maximum atomic E-state index is 13.7. The molecule has 4 heterocycles. The summed E-state index contributed by atoms with van der Waals surface area (Å²) in [5.74, 6) is -0.273. The second kappa shape index (κ2) is 8.75. The largest absolute Gasteiger partial charge is 0.351 e. The van der Waals surface area contributed by atoms with Gasteiger partial charge < -0.3 is 14.8 Å². The number of aromatic nitrogens is 3. The van der Waals surface area contributed by atoms with Gasteiger partial charge >= 0.3 is 0 Å². The molecule has 1 fully saturated rings. The highest BCUT2D eigenvalue weighted by Crippen LogP contribution is 2.43. The van der Waals surface area contributed by atoms with Gasteiger partial charge in [-0.2, -0.15) is 0 Å². The van der Waals surface area contributed by atoms with Crippen molar-refractivity contribution in [1.29, 1.82) is 0 Å². The summed E-state index contributed by atoms with van der Waals surface area (Å²) in [6, 6.07) is 18.4. The van der Waals surface area contributed by atoms with Crippen LogP contribution in [0.3, 0.4) is 0 Å². The second-order valence-corrected chi connectivity index (χ2v) is 8.63. The lowest BCUT2D eigenvalue weighted by Crippen LogP contribution is -2.29. The Morgan fingerprint density at radius 1 is 1.00 bits per heavy atom. The fourth-order valence-electron chi connectivity index (χ4n) is 4.59. The SMILES string of the molecule is Cc1cc(C2C(c3ccccn3)NC(=S)N2c2ccc(F)cc2)c(C)n1Cc1ccncc1. The van der Waals surface area contributed by atoms with E-state index >= 15 is 0 Å². The third kappa shape index (κ3) is 4.00. The smallest absolute Gasteiger partial charge is 0.174 e. The second-order valence-electron chi connectivity index (χ2n) is 8.24. The number of rotatable bonds is 5. The molecule has 5 nitrogen and oxygen atoms in total. The van der Waals surface area contributed by atoms with Crippen LogP contribution in [0.15, 0.2) is 79.3 Å². The van der Waals surface area contributed by atoms with Gasteiger partial charge in [0.25, 0.3) is 0 Å². The van der Waals surface area contributed by atoms with Crippen molar-refractivity contribution in [2.24, 2.45) is 0 Å². The minimum absolute atomic E-state index is 0.129. The molecule has 2 atom stereocenters. The van der Waals surface area contributed by atoms with Crippen LogP contribution < -0.4 is 10.2 Å². The maximum Gasteiger partial charge on any atom is 0.174 e. The first-order valence-corrected chi connectivity index (χ1v) is 11.3. The molecule has 1 N–H and O–H groups in total. The van der Waals surface area contributed by atoms with Gasteiger partial charge in [-0.25, -0.2) is 4.39 Å². The molecule has 1 saturated heterocycles. The van der Waals surface area contributed by atoms with E-state index in [1.807, 2.05) is 42.7 Å². The first kappa shape index (κ1) is 21.3. The van der Waals surface area contributed by atoms with E-state index in [1.165, 1.54) is 17.7 Å². The van der Waals surface area contributed by atoms with Crippen molar-refractivity contribution in [3.8, 4) is 0 Å². The van der Waals surface area contributed by atoms with Crippen molar-refractivity contribution in [2.75, 3.05) is 4.90 Å². The lowest BCUT2D eigenvalue weighted by atomic mass is 9.96. The third-order valence-corrected chi connectivity index (χ3v) is 6.54. The molecule has 0 amide bonds. The molecular weight excluding hydrogens is 433 g/mol. The van der Waals surface area contributed by atoms with Crippen LogP contribution >= 0.6 is 12.2 Å². The molecule has 0 saturated carbocycles. The van der Waals surface area contributed by atoms with Gasteiger partial charge in [0.15, 0.2) is 5.11 Å². The Hall–Kier alpha value is -3.58. The molecule has 33 heavy (non-hydrogen) atoms. The summed E-state index contributed by atoms with van der Waals surface area (Å²) in [5, 5.41) is 4.07. The van der Waals surface area contributed by atoms with Crippen LogP contribution in [0, 0.1) is 19.7 Å². The molecule has 0 aliphatic carbocycles. The first-order chi connectivity index (χ1) is 16.0. The predicted octanol–water partition coefficient (Wildman–Crippen LogP) is 5.26. The normalized spacial score (nSPS) is 17.9. The molecule has 0 radical (unpaired) electrons. The third-order valence-electron chi connectivity index (χ3n) is 6.22. The molecule has 3 aromatic heterocycles. The van der Waals surface area contributed by atoms with Crippen LogP contribution in [0.2, 0.25) is 0 Å². The highest BCUT2D eigenvalue weighted by atomic mass is 32.1. The average Bonchev–Trinajstić information content (AvgIpc) is 3.32. The van der Waals surface area contributed by atoms with Gasteiger partial charge in [-0.15, -0.1) is 0 Å². The fourth-order valence-corrected chi connectivity index (χ4v) is 4.94. The Bertz CT molecular complexity index is 1270. The van der Waals surface area contributed by atoms with E-state index in [4.69, 9.17) is 12.2 Å². The van der Waals surface area contributed by atoms with E-state index in [2.05, 4.69) is 44.7 Å².